The van der Waals surface area contributed by atoms with Crippen LogP contribution in [-0.2, 0) is 9.53 Å². The van der Waals surface area contributed by atoms with Gasteiger partial charge < -0.3 is 14.9 Å². The fourth-order valence-corrected chi connectivity index (χ4v) is 1.58. The Morgan fingerprint density at radius 3 is 2.25 bits per heavy atom. The molecule has 0 heterocycles. The minimum absolute atomic E-state index is 0.582. The molecule has 88 valence electrons. The highest BCUT2D eigenvalue weighted by Gasteiger charge is 2.32. The van der Waals surface area contributed by atoms with E-state index >= 15 is 0 Å². The minimum atomic E-state index is -1.06. The molecule has 0 saturated heterocycles. The maximum absolute atomic E-state index is 11.4. The lowest BCUT2D eigenvalue weighted by Gasteiger charge is -2.23. The van der Waals surface area contributed by atoms with Crippen LogP contribution in [0.4, 0.5) is 0 Å². The second kappa shape index (κ2) is 5.63. The molecule has 0 aromatic heterocycles. The van der Waals surface area contributed by atoms with Crippen LogP contribution in [0.5, 0.6) is 0 Å². The maximum Gasteiger partial charge on any atom is 0.314 e. The van der Waals surface area contributed by atoms with Gasteiger partial charge >= 0.3 is 5.97 Å². The van der Waals surface area contributed by atoms with Gasteiger partial charge in [0.05, 0.1) is 19.3 Å². The highest BCUT2D eigenvalue weighted by molar-refractivity contribution is 5.73. The first-order valence-electron chi connectivity index (χ1n) is 5.06. The molecule has 0 aliphatic rings. The molecular formula is C12H16O4. The fraction of sp³-hybridized carbons (Fsp3) is 0.417. The standard InChI is InChI=1S/C12H16O4/c1-8(13)10(12(15)16-2)11(14)9-6-4-3-5-7-9/h3-8,10-11,13-14H,1-2H3/t8-,10-,11-/m1/s1. The summed E-state index contributed by atoms with van der Waals surface area (Å²) in [5, 5.41) is 19.5. The zero-order chi connectivity index (χ0) is 12.1. The Balaban J connectivity index is 2.92. The normalized spacial score (nSPS) is 16.2. The van der Waals surface area contributed by atoms with E-state index in [-0.39, 0.29) is 0 Å². The number of rotatable bonds is 4. The Kier molecular flexibility index (Phi) is 4.46. The number of aliphatic hydroxyl groups excluding tert-OH is 2. The summed E-state index contributed by atoms with van der Waals surface area (Å²) in [6.07, 6.45) is -2.03. The molecule has 2 N–H and O–H groups in total. The average Bonchev–Trinajstić information content (AvgIpc) is 2.29. The summed E-state index contributed by atoms with van der Waals surface area (Å²) < 4.78 is 4.56. The fourth-order valence-electron chi connectivity index (χ4n) is 1.58. The van der Waals surface area contributed by atoms with Crippen LogP contribution < -0.4 is 0 Å². The summed E-state index contributed by atoms with van der Waals surface area (Å²) in [5.74, 6) is -1.58. The Bertz CT molecular complexity index is 334. The second-order valence-electron chi connectivity index (χ2n) is 3.65. The molecule has 0 aliphatic carbocycles. The van der Waals surface area contributed by atoms with Gasteiger partial charge in [-0.05, 0) is 12.5 Å². The average molecular weight is 224 g/mol. The zero-order valence-electron chi connectivity index (χ0n) is 9.33. The van der Waals surface area contributed by atoms with E-state index in [9.17, 15) is 15.0 Å². The van der Waals surface area contributed by atoms with E-state index in [0.717, 1.165) is 0 Å². The van der Waals surface area contributed by atoms with Crippen molar-refractivity contribution in [3.63, 3.8) is 0 Å². The van der Waals surface area contributed by atoms with E-state index in [0.29, 0.717) is 5.56 Å². The van der Waals surface area contributed by atoms with Crippen molar-refractivity contribution in [2.45, 2.75) is 19.1 Å². The Hall–Kier alpha value is -1.39. The molecule has 0 saturated carbocycles. The second-order valence-corrected chi connectivity index (χ2v) is 3.65. The molecule has 0 bridgehead atoms. The number of carbonyl (C=O) groups excluding carboxylic acids is 1. The first-order chi connectivity index (χ1) is 7.57. The van der Waals surface area contributed by atoms with Crippen molar-refractivity contribution in [2.75, 3.05) is 7.11 Å². The van der Waals surface area contributed by atoms with Crippen LogP contribution in [0.15, 0.2) is 30.3 Å². The van der Waals surface area contributed by atoms with Gasteiger partial charge in [-0.25, -0.2) is 0 Å². The van der Waals surface area contributed by atoms with Crippen molar-refractivity contribution in [2.24, 2.45) is 5.92 Å². The Morgan fingerprint density at radius 1 is 1.25 bits per heavy atom. The van der Waals surface area contributed by atoms with Crippen LogP contribution in [0.25, 0.3) is 0 Å². The van der Waals surface area contributed by atoms with Gasteiger partial charge in [-0.1, -0.05) is 30.3 Å². The lowest BCUT2D eigenvalue weighted by molar-refractivity contribution is -0.154. The van der Waals surface area contributed by atoms with Crippen molar-refractivity contribution in [3.05, 3.63) is 35.9 Å². The lowest BCUT2D eigenvalue weighted by Crippen LogP contribution is -2.32. The van der Waals surface area contributed by atoms with E-state index < -0.39 is 24.1 Å². The van der Waals surface area contributed by atoms with E-state index in [1.165, 1.54) is 14.0 Å². The molecular weight excluding hydrogens is 208 g/mol. The lowest BCUT2D eigenvalue weighted by atomic mass is 9.91. The van der Waals surface area contributed by atoms with Gasteiger partial charge in [-0.2, -0.15) is 0 Å². The summed E-state index contributed by atoms with van der Waals surface area (Å²) in [6, 6.07) is 8.72. The summed E-state index contributed by atoms with van der Waals surface area (Å²) in [5.41, 5.74) is 0.582. The number of aliphatic hydroxyl groups is 2. The smallest absolute Gasteiger partial charge is 0.314 e. The number of benzene rings is 1. The molecule has 0 unspecified atom stereocenters. The molecule has 0 radical (unpaired) electrons. The first kappa shape index (κ1) is 12.7. The SMILES string of the molecule is COC(=O)[C@@H]([C@H](O)c1ccccc1)[C@@H](C)O. The number of hydrogen-bond donors (Lipinski definition) is 2. The molecule has 3 atom stereocenters. The molecule has 0 amide bonds. The van der Waals surface area contributed by atoms with Crippen LogP contribution >= 0.6 is 0 Å². The molecule has 0 spiro atoms. The largest absolute Gasteiger partial charge is 0.469 e. The first-order valence-corrected chi connectivity index (χ1v) is 5.06. The minimum Gasteiger partial charge on any atom is -0.469 e. The maximum atomic E-state index is 11.4. The van der Waals surface area contributed by atoms with Crippen molar-refractivity contribution in [1.82, 2.24) is 0 Å². The topological polar surface area (TPSA) is 66.8 Å². The van der Waals surface area contributed by atoms with E-state index in [4.69, 9.17) is 0 Å². The van der Waals surface area contributed by atoms with Crippen LogP contribution in [0.1, 0.15) is 18.6 Å². The zero-order valence-corrected chi connectivity index (χ0v) is 9.33. The third-order valence-electron chi connectivity index (χ3n) is 2.47. The van der Waals surface area contributed by atoms with Crippen molar-refractivity contribution in [1.29, 1.82) is 0 Å². The summed E-state index contributed by atoms with van der Waals surface area (Å²) in [7, 11) is 1.23. The van der Waals surface area contributed by atoms with E-state index in [1.54, 1.807) is 24.3 Å². The highest BCUT2D eigenvalue weighted by Crippen LogP contribution is 2.25. The van der Waals surface area contributed by atoms with Crippen LogP contribution in [0.2, 0.25) is 0 Å². The van der Waals surface area contributed by atoms with Crippen molar-refractivity contribution < 1.29 is 19.7 Å². The monoisotopic (exact) mass is 224 g/mol. The summed E-state index contributed by atoms with van der Waals surface area (Å²) in [4.78, 5) is 11.4. The third kappa shape index (κ3) is 2.81. The van der Waals surface area contributed by atoms with Crippen molar-refractivity contribution >= 4 is 5.97 Å². The van der Waals surface area contributed by atoms with Crippen LogP contribution in [0.3, 0.4) is 0 Å². The van der Waals surface area contributed by atoms with E-state index in [1.807, 2.05) is 6.07 Å². The number of carbonyl (C=O) groups is 1. The number of methoxy groups -OCH3 is 1. The number of esters is 1. The molecule has 4 nitrogen and oxygen atoms in total. The van der Waals surface area contributed by atoms with Gasteiger partial charge in [0.1, 0.15) is 5.92 Å². The van der Waals surface area contributed by atoms with Gasteiger partial charge in [0, 0.05) is 0 Å². The predicted octanol–water partition coefficient (Wildman–Crippen LogP) is 0.890. The van der Waals surface area contributed by atoms with Crippen LogP contribution in [0, 0.1) is 5.92 Å². The van der Waals surface area contributed by atoms with Crippen LogP contribution in [-0.4, -0.2) is 29.4 Å². The Labute approximate surface area is 94.5 Å². The number of hydrogen-bond acceptors (Lipinski definition) is 4. The molecule has 0 aliphatic heterocycles. The van der Waals surface area contributed by atoms with Gasteiger partial charge in [0.25, 0.3) is 0 Å². The van der Waals surface area contributed by atoms with Gasteiger partial charge in [0.15, 0.2) is 0 Å². The molecule has 4 heteroatoms. The summed E-state index contributed by atoms with van der Waals surface area (Å²) in [6.45, 7) is 1.45. The predicted molar refractivity (Wildman–Crippen MR) is 58.6 cm³/mol. The number of ether oxygens (including phenoxy) is 1. The third-order valence-corrected chi connectivity index (χ3v) is 2.47. The van der Waals surface area contributed by atoms with Crippen molar-refractivity contribution in [3.8, 4) is 0 Å². The van der Waals surface area contributed by atoms with Gasteiger partial charge in [-0.15, -0.1) is 0 Å². The van der Waals surface area contributed by atoms with Gasteiger partial charge in [0.2, 0.25) is 0 Å². The molecule has 16 heavy (non-hydrogen) atoms. The van der Waals surface area contributed by atoms with Gasteiger partial charge in [-0.3, -0.25) is 4.79 Å². The molecule has 1 aromatic rings. The molecule has 0 fully saturated rings. The summed E-state index contributed by atoms with van der Waals surface area (Å²) >= 11 is 0. The quantitative estimate of drug-likeness (QED) is 0.745. The van der Waals surface area contributed by atoms with E-state index in [2.05, 4.69) is 4.74 Å². The highest BCUT2D eigenvalue weighted by atomic mass is 16.5. The molecule has 1 aromatic carbocycles. The molecule has 1 rings (SSSR count). The Morgan fingerprint density at radius 2 is 1.81 bits per heavy atom.